The molecular formula is C23H24N6O3. The van der Waals surface area contributed by atoms with Crippen LogP contribution in [0.2, 0.25) is 0 Å². The fourth-order valence-corrected chi connectivity index (χ4v) is 4.45. The van der Waals surface area contributed by atoms with Crippen LogP contribution in [0.5, 0.6) is 11.5 Å². The molecule has 5 rings (SSSR count). The number of aryl methyl sites for hydroxylation is 1. The molecule has 3 amide bonds. The Balaban J connectivity index is 1.14. The van der Waals surface area contributed by atoms with Crippen LogP contribution in [0.1, 0.15) is 32.1 Å². The van der Waals surface area contributed by atoms with Crippen LogP contribution in [0.25, 0.3) is 11.3 Å². The van der Waals surface area contributed by atoms with Gasteiger partial charge in [-0.05, 0) is 49.3 Å². The molecule has 0 aliphatic heterocycles. The maximum atomic E-state index is 12.2. The molecule has 164 valence electrons. The van der Waals surface area contributed by atoms with Gasteiger partial charge in [-0.25, -0.2) is 9.78 Å². The molecule has 2 saturated carbocycles. The van der Waals surface area contributed by atoms with E-state index in [2.05, 4.69) is 25.7 Å². The molecule has 3 heterocycles. The molecule has 0 atom stereocenters. The van der Waals surface area contributed by atoms with Gasteiger partial charge in [-0.3, -0.25) is 25.1 Å². The predicted molar refractivity (Wildman–Crippen MR) is 117 cm³/mol. The number of anilines is 1. The fraction of sp³-hybridized carbons (Fsp3) is 0.348. The fourth-order valence-electron chi connectivity index (χ4n) is 4.45. The second kappa shape index (κ2) is 8.07. The lowest BCUT2D eigenvalue weighted by Crippen LogP contribution is -2.50. The molecule has 9 heteroatoms. The molecule has 0 saturated heterocycles. The van der Waals surface area contributed by atoms with E-state index in [-0.39, 0.29) is 11.8 Å². The lowest BCUT2D eigenvalue weighted by Gasteiger charge is -2.53. The molecule has 32 heavy (non-hydrogen) atoms. The van der Waals surface area contributed by atoms with Gasteiger partial charge in [0, 0.05) is 37.0 Å². The molecule has 9 nitrogen and oxygen atoms in total. The number of rotatable bonds is 5. The minimum Gasteiger partial charge on any atom is -0.456 e. The highest BCUT2D eigenvalue weighted by atomic mass is 16.5. The summed E-state index contributed by atoms with van der Waals surface area (Å²) in [7, 11) is 1.85. The van der Waals surface area contributed by atoms with Crippen LogP contribution in [0.3, 0.4) is 0 Å². The van der Waals surface area contributed by atoms with Gasteiger partial charge >= 0.3 is 6.03 Å². The molecule has 0 bridgehead atoms. The smallest absolute Gasteiger partial charge is 0.327 e. The van der Waals surface area contributed by atoms with E-state index in [0.717, 1.165) is 24.1 Å². The minimum absolute atomic E-state index is 0.0540. The Morgan fingerprint density at radius 2 is 1.97 bits per heavy atom. The van der Waals surface area contributed by atoms with Crippen molar-refractivity contribution in [2.75, 3.05) is 5.32 Å². The first-order chi connectivity index (χ1) is 15.5. The summed E-state index contributed by atoms with van der Waals surface area (Å²) >= 11 is 0. The summed E-state index contributed by atoms with van der Waals surface area (Å²) in [5.41, 5.74) is 2.03. The number of pyridine rings is 2. The first kappa shape index (κ1) is 20.2. The van der Waals surface area contributed by atoms with E-state index in [9.17, 15) is 9.59 Å². The number of hydrogen-bond acceptors (Lipinski definition) is 6. The zero-order valence-corrected chi connectivity index (χ0v) is 17.7. The van der Waals surface area contributed by atoms with Crippen molar-refractivity contribution < 1.29 is 14.3 Å². The molecule has 2 aliphatic carbocycles. The van der Waals surface area contributed by atoms with Gasteiger partial charge < -0.3 is 4.74 Å². The molecule has 3 aromatic heterocycles. The SMILES string of the molecule is Cn1cc(-c2cc(Oc3ccc(NC(=O)NC(=O)C4CC5(CCC5)C4)nc3)ccn2)cn1. The monoisotopic (exact) mass is 432 g/mol. The summed E-state index contributed by atoms with van der Waals surface area (Å²) in [5, 5.41) is 9.17. The highest BCUT2D eigenvalue weighted by molar-refractivity contribution is 6.01. The normalized spacial score (nSPS) is 16.7. The van der Waals surface area contributed by atoms with Crippen molar-refractivity contribution in [3.63, 3.8) is 0 Å². The number of nitrogens with one attached hydrogen (secondary N) is 2. The molecule has 0 radical (unpaired) electrons. The van der Waals surface area contributed by atoms with Crippen molar-refractivity contribution in [3.8, 4) is 22.8 Å². The van der Waals surface area contributed by atoms with Crippen LogP contribution < -0.4 is 15.4 Å². The van der Waals surface area contributed by atoms with Crippen molar-refractivity contribution in [1.29, 1.82) is 0 Å². The van der Waals surface area contributed by atoms with E-state index in [1.165, 1.54) is 25.5 Å². The number of aromatic nitrogens is 4. The lowest BCUT2D eigenvalue weighted by molar-refractivity contribution is -0.135. The van der Waals surface area contributed by atoms with E-state index < -0.39 is 6.03 Å². The third-order valence-electron chi connectivity index (χ3n) is 6.33. The molecule has 0 aromatic carbocycles. The Morgan fingerprint density at radius 3 is 2.62 bits per heavy atom. The van der Waals surface area contributed by atoms with Crippen molar-refractivity contribution in [2.24, 2.45) is 18.4 Å². The highest BCUT2D eigenvalue weighted by Crippen LogP contribution is 2.58. The third-order valence-corrected chi connectivity index (χ3v) is 6.33. The van der Waals surface area contributed by atoms with Gasteiger partial charge in [0.05, 0.1) is 18.1 Å². The number of hydrogen-bond donors (Lipinski definition) is 2. The quantitative estimate of drug-likeness (QED) is 0.633. The number of imide groups is 1. The summed E-state index contributed by atoms with van der Waals surface area (Å²) in [6, 6.07) is 6.31. The Hall–Kier alpha value is -3.75. The number of amides is 3. The van der Waals surface area contributed by atoms with Crippen LogP contribution in [0.4, 0.5) is 10.6 Å². The van der Waals surface area contributed by atoms with Gasteiger partial charge in [-0.15, -0.1) is 0 Å². The van der Waals surface area contributed by atoms with E-state index in [0.29, 0.717) is 22.7 Å². The summed E-state index contributed by atoms with van der Waals surface area (Å²) in [5.74, 6) is 1.19. The standard InChI is InChI=1S/C23H24N6O3/c1-29-14-16(12-26-29)19-9-17(5-8-24-19)32-18-3-4-20(25-13-18)27-22(31)28-21(30)15-10-23(11-15)6-2-7-23/h3-5,8-9,12-15H,2,6-7,10-11H2,1H3,(H2,25,27,28,30,31). The van der Waals surface area contributed by atoms with Gasteiger partial charge in [0.1, 0.15) is 17.3 Å². The van der Waals surface area contributed by atoms with Crippen LogP contribution >= 0.6 is 0 Å². The van der Waals surface area contributed by atoms with Gasteiger partial charge in [0.25, 0.3) is 0 Å². The van der Waals surface area contributed by atoms with Crippen LogP contribution in [0.15, 0.2) is 49.1 Å². The van der Waals surface area contributed by atoms with Gasteiger partial charge in [0.2, 0.25) is 5.91 Å². The van der Waals surface area contributed by atoms with Crippen molar-refractivity contribution in [3.05, 3.63) is 49.1 Å². The summed E-state index contributed by atoms with van der Waals surface area (Å²) < 4.78 is 7.56. The molecule has 0 unspecified atom stereocenters. The summed E-state index contributed by atoms with van der Waals surface area (Å²) in [6.07, 6.45) is 12.3. The number of nitrogens with zero attached hydrogens (tertiary/aromatic N) is 4. The van der Waals surface area contributed by atoms with E-state index in [1.54, 1.807) is 35.3 Å². The Labute approximate surface area is 185 Å². The first-order valence-corrected chi connectivity index (χ1v) is 10.7. The summed E-state index contributed by atoms with van der Waals surface area (Å²) in [6.45, 7) is 0. The van der Waals surface area contributed by atoms with E-state index >= 15 is 0 Å². The van der Waals surface area contributed by atoms with Crippen molar-refractivity contribution in [2.45, 2.75) is 32.1 Å². The maximum absolute atomic E-state index is 12.2. The number of urea groups is 1. The number of ether oxygens (including phenoxy) is 1. The second-order valence-corrected chi connectivity index (χ2v) is 8.66. The molecule has 2 aliphatic rings. The van der Waals surface area contributed by atoms with Crippen LogP contribution in [-0.4, -0.2) is 31.7 Å². The van der Waals surface area contributed by atoms with E-state index in [4.69, 9.17) is 4.74 Å². The van der Waals surface area contributed by atoms with Gasteiger partial charge in [-0.1, -0.05) is 6.42 Å². The maximum Gasteiger partial charge on any atom is 0.327 e. The predicted octanol–water partition coefficient (Wildman–Crippen LogP) is 3.90. The Morgan fingerprint density at radius 1 is 1.12 bits per heavy atom. The molecule has 3 aromatic rings. The van der Waals surface area contributed by atoms with Crippen molar-refractivity contribution >= 4 is 17.8 Å². The Bertz CT molecular complexity index is 1140. The van der Waals surface area contributed by atoms with Crippen LogP contribution in [0, 0.1) is 11.3 Å². The van der Waals surface area contributed by atoms with Crippen molar-refractivity contribution in [1.82, 2.24) is 25.1 Å². The van der Waals surface area contributed by atoms with E-state index in [1.807, 2.05) is 19.3 Å². The third kappa shape index (κ3) is 4.18. The molecular weight excluding hydrogens is 408 g/mol. The van der Waals surface area contributed by atoms with Crippen LogP contribution in [-0.2, 0) is 11.8 Å². The minimum atomic E-state index is -0.569. The second-order valence-electron chi connectivity index (χ2n) is 8.66. The van der Waals surface area contributed by atoms with Gasteiger partial charge in [-0.2, -0.15) is 5.10 Å². The Kier molecular flexibility index (Phi) is 5.08. The number of carbonyl (C=O) groups excluding carboxylic acids is 2. The largest absolute Gasteiger partial charge is 0.456 e. The zero-order chi connectivity index (χ0) is 22.1. The topological polar surface area (TPSA) is 111 Å². The van der Waals surface area contributed by atoms with Gasteiger partial charge in [0.15, 0.2) is 0 Å². The molecule has 2 N–H and O–H groups in total. The number of carbonyl (C=O) groups is 2. The molecule has 2 fully saturated rings. The zero-order valence-electron chi connectivity index (χ0n) is 17.7. The highest BCUT2D eigenvalue weighted by Gasteiger charge is 2.50. The summed E-state index contributed by atoms with van der Waals surface area (Å²) in [4.78, 5) is 32.9. The first-order valence-electron chi connectivity index (χ1n) is 10.7. The lowest BCUT2D eigenvalue weighted by atomic mass is 9.51. The average Bonchev–Trinajstić information content (AvgIpc) is 3.14. The average molecular weight is 432 g/mol. The molecule has 1 spiro atoms.